The lowest BCUT2D eigenvalue weighted by Crippen LogP contribution is -2.04. The van der Waals surface area contributed by atoms with Gasteiger partial charge in [-0.05, 0) is 24.3 Å². The Balaban J connectivity index is 2.24. The second-order valence-electron chi connectivity index (χ2n) is 4.32. The summed E-state index contributed by atoms with van der Waals surface area (Å²) < 4.78 is 18.1. The minimum absolute atomic E-state index is 0.0308. The topological polar surface area (TPSA) is 84.9 Å². The number of aromatic nitrogens is 2. The fourth-order valence-corrected chi connectivity index (χ4v) is 2.29. The molecule has 7 heteroatoms. The fourth-order valence-electron chi connectivity index (χ4n) is 2.03. The lowest BCUT2D eigenvalue weighted by atomic mass is 10.0. The van der Waals surface area contributed by atoms with Crippen LogP contribution in [-0.4, -0.2) is 10.1 Å². The summed E-state index contributed by atoms with van der Waals surface area (Å²) in [5, 5.41) is 4.02. The van der Waals surface area contributed by atoms with Gasteiger partial charge in [0, 0.05) is 11.6 Å². The molecule has 0 aliphatic carbocycles. The van der Waals surface area contributed by atoms with Crippen molar-refractivity contribution in [3.63, 3.8) is 0 Å². The summed E-state index contributed by atoms with van der Waals surface area (Å²) in [6.45, 7) is 0. The third-order valence-corrected chi connectivity index (χ3v) is 3.26. The number of rotatable bonds is 2. The summed E-state index contributed by atoms with van der Waals surface area (Å²) in [6.07, 6.45) is 0. The molecule has 0 saturated heterocycles. The minimum atomic E-state index is -0.464. The number of anilines is 1. The summed E-state index contributed by atoms with van der Waals surface area (Å²) in [4.78, 5) is 14.0. The van der Waals surface area contributed by atoms with E-state index in [-0.39, 0.29) is 16.5 Å². The highest BCUT2D eigenvalue weighted by Crippen LogP contribution is 2.38. The van der Waals surface area contributed by atoms with Gasteiger partial charge in [0.1, 0.15) is 11.5 Å². The first kappa shape index (κ1) is 13.4. The van der Waals surface area contributed by atoms with E-state index in [2.05, 4.69) is 10.1 Å². The molecule has 0 saturated carbocycles. The maximum absolute atomic E-state index is 13.2. The monoisotopic (exact) mass is 305 g/mol. The van der Waals surface area contributed by atoms with Gasteiger partial charge >= 0.3 is 0 Å². The van der Waals surface area contributed by atoms with Crippen LogP contribution < -0.4 is 11.3 Å². The van der Waals surface area contributed by atoms with Crippen LogP contribution in [0.25, 0.3) is 22.5 Å². The first-order chi connectivity index (χ1) is 10.1. The maximum Gasteiger partial charge on any atom is 0.248 e. The van der Waals surface area contributed by atoms with E-state index in [0.29, 0.717) is 22.5 Å². The number of nitrogens with two attached hydrogens (primary N) is 1. The molecule has 5 nitrogen and oxygen atoms in total. The summed E-state index contributed by atoms with van der Waals surface area (Å²) in [6, 6.07) is 8.50. The van der Waals surface area contributed by atoms with Crippen molar-refractivity contribution in [3.05, 3.63) is 57.6 Å². The van der Waals surface area contributed by atoms with Gasteiger partial charge in [-0.1, -0.05) is 22.8 Å². The van der Waals surface area contributed by atoms with Crippen molar-refractivity contribution in [1.82, 2.24) is 10.1 Å². The molecule has 0 aliphatic rings. The van der Waals surface area contributed by atoms with Gasteiger partial charge in [-0.3, -0.25) is 4.79 Å². The molecule has 0 radical (unpaired) electrons. The number of hydrogen-bond acceptors (Lipinski definition) is 4. The molecule has 0 bridgehead atoms. The molecule has 2 heterocycles. The Labute approximate surface area is 123 Å². The average molecular weight is 306 g/mol. The average Bonchev–Trinajstić information content (AvgIpc) is 2.81. The predicted octanol–water partition coefficient (Wildman–Crippen LogP) is 3.07. The number of benzene rings is 1. The molecule has 3 rings (SSSR count). The second-order valence-corrected chi connectivity index (χ2v) is 4.73. The fraction of sp³-hybridized carbons (Fsp3) is 0. The van der Waals surface area contributed by atoms with E-state index >= 15 is 0 Å². The molecule has 1 aromatic carbocycles. The van der Waals surface area contributed by atoms with E-state index in [1.807, 2.05) is 0 Å². The van der Waals surface area contributed by atoms with Crippen LogP contribution in [0.15, 0.2) is 45.7 Å². The number of nitrogen functional groups attached to an aromatic ring is 1. The zero-order valence-corrected chi connectivity index (χ0v) is 11.3. The molecule has 0 aliphatic heterocycles. The quantitative estimate of drug-likeness (QED) is 0.762. The van der Waals surface area contributed by atoms with Crippen LogP contribution in [0.2, 0.25) is 5.02 Å². The van der Waals surface area contributed by atoms with Crippen LogP contribution in [0.4, 0.5) is 10.3 Å². The summed E-state index contributed by atoms with van der Waals surface area (Å²) in [5.74, 6) is -0.434. The number of hydrogen-bond donors (Lipinski definition) is 2. The zero-order chi connectivity index (χ0) is 15.0. The lowest BCUT2D eigenvalue weighted by molar-refractivity contribution is 0.439. The van der Waals surface area contributed by atoms with Gasteiger partial charge in [-0.25, -0.2) is 4.39 Å². The van der Waals surface area contributed by atoms with Gasteiger partial charge in [0.05, 0.1) is 16.3 Å². The lowest BCUT2D eigenvalue weighted by Gasteiger charge is -2.05. The summed E-state index contributed by atoms with van der Waals surface area (Å²) >= 11 is 6.05. The Morgan fingerprint density at radius 2 is 2.10 bits per heavy atom. The van der Waals surface area contributed by atoms with Crippen molar-refractivity contribution in [3.8, 4) is 22.5 Å². The Morgan fingerprint density at radius 1 is 1.29 bits per heavy atom. The van der Waals surface area contributed by atoms with Crippen molar-refractivity contribution in [1.29, 1.82) is 0 Å². The highest BCUT2D eigenvalue weighted by molar-refractivity contribution is 6.33. The van der Waals surface area contributed by atoms with E-state index in [1.165, 1.54) is 24.3 Å². The number of H-pyrrole nitrogens is 1. The number of aromatic amines is 1. The van der Waals surface area contributed by atoms with Gasteiger partial charge < -0.3 is 15.2 Å². The molecular weight excluding hydrogens is 297 g/mol. The Kier molecular flexibility index (Phi) is 3.23. The van der Waals surface area contributed by atoms with Crippen LogP contribution >= 0.6 is 11.6 Å². The van der Waals surface area contributed by atoms with Crippen molar-refractivity contribution in [2.45, 2.75) is 0 Å². The molecule has 3 aromatic rings. The summed E-state index contributed by atoms with van der Waals surface area (Å²) in [5.41, 5.74) is 7.13. The Bertz CT molecular complexity index is 873. The Morgan fingerprint density at radius 3 is 2.81 bits per heavy atom. The first-order valence-corrected chi connectivity index (χ1v) is 6.34. The largest absolute Gasteiger partial charge is 0.367 e. The zero-order valence-electron chi connectivity index (χ0n) is 10.6. The van der Waals surface area contributed by atoms with E-state index in [0.717, 1.165) is 0 Å². The van der Waals surface area contributed by atoms with Crippen molar-refractivity contribution in [2.75, 3.05) is 5.73 Å². The van der Waals surface area contributed by atoms with Crippen molar-refractivity contribution in [2.24, 2.45) is 0 Å². The van der Waals surface area contributed by atoms with Crippen molar-refractivity contribution >= 4 is 17.5 Å². The molecule has 0 unspecified atom stereocenters. The van der Waals surface area contributed by atoms with E-state index in [9.17, 15) is 9.18 Å². The third kappa shape index (κ3) is 2.41. The molecule has 0 atom stereocenters. The van der Waals surface area contributed by atoms with Crippen LogP contribution in [0, 0.1) is 5.82 Å². The predicted molar refractivity (Wildman–Crippen MR) is 77.4 cm³/mol. The number of pyridine rings is 1. The van der Waals surface area contributed by atoms with E-state index in [1.54, 1.807) is 12.1 Å². The molecular formula is C14H9ClFN3O2. The van der Waals surface area contributed by atoms with E-state index < -0.39 is 5.82 Å². The van der Waals surface area contributed by atoms with Crippen LogP contribution in [0.1, 0.15) is 0 Å². The first-order valence-electron chi connectivity index (χ1n) is 5.96. The maximum atomic E-state index is 13.2. The Hall–Kier alpha value is -2.60. The summed E-state index contributed by atoms with van der Waals surface area (Å²) in [7, 11) is 0. The molecule has 0 fully saturated rings. The number of nitrogens with one attached hydrogen (secondary N) is 1. The van der Waals surface area contributed by atoms with Gasteiger partial charge in [0.25, 0.3) is 0 Å². The third-order valence-electron chi connectivity index (χ3n) is 2.94. The van der Waals surface area contributed by atoms with E-state index in [4.69, 9.17) is 21.9 Å². The molecule has 2 aromatic heterocycles. The molecule has 21 heavy (non-hydrogen) atoms. The minimum Gasteiger partial charge on any atom is -0.367 e. The molecule has 3 N–H and O–H groups in total. The molecule has 0 amide bonds. The normalized spacial score (nSPS) is 10.8. The number of nitrogens with zero attached hydrogens (tertiary/aromatic N) is 1. The highest BCUT2D eigenvalue weighted by Gasteiger charge is 2.20. The van der Waals surface area contributed by atoms with Gasteiger partial charge in [0.15, 0.2) is 0 Å². The van der Waals surface area contributed by atoms with Crippen molar-refractivity contribution < 1.29 is 8.91 Å². The number of halogens is 2. The van der Waals surface area contributed by atoms with Gasteiger partial charge in [-0.15, -0.1) is 0 Å². The standard InChI is InChI=1S/C14H9ClFN3O2/c15-9-6-7(16)4-5-8(9)12-13(19-21-14(12)17)10-2-1-3-11(20)18-10/h1-6H,17H2,(H,18,20). The van der Waals surface area contributed by atoms with Gasteiger partial charge in [-0.2, -0.15) is 0 Å². The smallest absolute Gasteiger partial charge is 0.248 e. The van der Waals surface area contributed by atoms with Crippen LogP contribution in [0.5, 0.6) is 0 Å². The molecule has 0 spiro atoms. The van der Waals surface area contributed by atoms with Crippen LogP contribution in [-0.2, 0) is 0 Å². The second kappa shape index (κ2) is 5.06. The SMILES string of the molecule is Nc1onc(-c2cccc(=O)[nH]2)c1-c1ccc(F)cc1Cl. The van der Waals surface area contributed by atoms with Gasteiger partial charge in [0.2, 0.25) is 11.4 Å². The highest BCUT2D eigenvalue weighted by atomic mass is 35.5. The van der Waals surface area contributed by atoms with Crippen LogP contribution in [0.3, 0.4) is 0 Å². The molecule has 106 valence electrons.